The van der Waals surface area contributed by atoms with Gasteiger partial charge in [-0.05, 0) is 79.9 Å². The highest BCUT2D eigenvalue weighted by atomic mass is 35.5. The fourth-order valence-corrected chi connectivity index (χ4v) is 6.30. The number of carbonyl (C=O) groups is 2. The number of carbonyl (C=O) groups excluding carboxylic acids is 2. The van der Waals surface area contributed by atoms with Crippen molar-refractivity contribution >= 4 is 39.1 Å². The third kappa shape index (κ3) is 8.93. The van der Waals surface area contributed by atoms with Gasteiger partial charge in [-0.2, -0.15) is 0 Å². The smallest absolute Gasteiger partial charge is 0.264 e. The second kappa shape index (κ2) is 15.2. The molecule has 0 spiro atoms. The number of benzene rings is 4. The molecule has 0 saturated carbocycles. The Morgan fingerprint density at radius 1 is 0.867 bits per heavy atom. The van der Waals surface area contributed by atoms with E-state index in [1.807, 2.05) is 51.1 Å². The lowest BCUT2D eigenvalue weighted by Crippen LogP contribution is -2.54. The summed E-state index contributed by atoms with van der Waals surface area (Å²) in [4.78, 5) is 29.6. The van der Waals surface area contributed by atoms with E-state index in [0.29, 0.717) is 17.0 Å². The standard InChI is InChI=1S/C35H37ClFN3O4S/c1-4-26(3)38-35(42)33(22-27-8-6-5-7-9-27)39(23-28-12-16-30(37)17-13-28)34(41)24-40(31-18-10-25(2)11-19-31)45(43,44)32-20-14-29(36)15-21-32/h5-21,26,33H,4,22-24H2,1-3H3,(H,38,42)/t26-,33-/m0/s1. The molecular formula is C35H37ClFN3O4S. The maximum Gasteiger partial charge on any atom is 0.264 e. The number of amides is 2. The lowest BCUT2D eigenvalue weighted by Gasteiger charge is -2.34. The van der Waals surface area contributed by atoms with Crippen molar-refractivity contribution < 1.29 is 22.4 Å². The first-order chi connectivity index (χ1) is 21.5. The van der Waals surface area contributed by atoms with E-state index >= 15 is 0 Å². The van der Waals surface area contributed by atoms with Gasteiger partial charge in [0, 0.05) is 24.0 Å². The van der Waals surface area contributed by atoms with Crippen molar-refractivity contribution in [3.05, 3.63) is 131 Å². The van der Waals surface area contributed by atoms with E-state index in [1.165, 1.54) is 41.3 Å². The van der Waals surface area contributed by atoms with E-state index in [1.54, 1.807) is 36.4 Å². The van der Waals surface area contributed by atoms with Gasteiger partial charge < -0.3 is 10.2 Å². The van der Waals surface area contributed by atoms with Gasteiger partial charge in [-0.15, -0.1) is 0 Å². The van der Waals surface area contributed by atoms with Gasteiger partial charge in [0.15, 0.2) is 0 Å². The molecule has 0 unspecified atom stereocenters. The zero-order valence-corrected chi connectivity index (χ0v) is 27.1. The Bertz CT molecular complexity index is 1680. The first-order valence-corrected chi connectivity index (χ1v) is 16.5. The molecule has 45 heavy (non-hydrogen) atoms. The summed E-state index contributed by atoms with van der Waals surface area (Å²) in [6, 6.07) is 26.3. The van der Waals surface area contributed by atoms with E-state index in [4.69, 9.17) is 11.6 Å². The number of nitrogens with one attached hydrogen (secondary N) is 1. The molecule has 0 radical (unpaired) electrons. The number of anilines is 1. The van der Waals surface area contributed by atoms with Crippen LogP contribution in [0.15, 0.2) is 108 Å². The van der Waals surface area contributed by atoms with Crippen LogP contribution >= 0.6 is 11.6 Å². The van der Waals surface area contributed by atoms with Crippen molar-refractivity contribution in [2.45, 2.75) is 57.1 Å². The molecule has 2 amide bonds. The van der Waals surface area contributed by atoms with E-state index in [9.17, 15) is 22.4 Å². The zero-order valence-electron chi connectivity index (χ0n) is 25.5. The molecule has 1 N–H and O–H groups in total. The SMILES string of the molecule is CC[C@H](C)NC(=O)[C@H](Cc1ccccc1)N(Cc1ccc(F)cc1)C(=O)CN(c1ccc(C)cc1)S(=O)(=O)c1ccc(Cl)cc1. The predicted octanol–water partition coefficient (Wildman–Crippen LogP) is 6.54. The molecular weight excluding hydrogens is 613 g/mol. The van der Waals surface area contributed by atoms with Crippen LogP contribution in [-0.2, 0) is 32.6 Å². The van der Waals surface area contributed by atoms with Crippen LogP contribution in [0.3, 0.4) is 0 Å². The lowest BCUT2D eigenvalue weighted by atomic mass is 10.0. The first kappa shape index (κ1) is 33.7. The molecule has 0 aliphatic rings. The molecule has 0 aliphatic carbocycles. The van der Waals surface area contributed by atoms with Crippen molar-refractivity contribution in [1.29, 1.82) is 0 Å². The number of hydrogen-bond acceptors (Lipinski definition) is 4. The zero-order chi connectivity index (χ0) is 32.6. The van der Waals surface area contributed by atoms with Crippen molar-refractivity contribution in [3.8, 4) is 0 Å². The van der Waals surface area contributed by atoms with E-state index < -0.39 is 34.3 Å². The number of sulfonamides is 1. The highest BCUT2D eigenvalue weighted by Crippen LogP contribution is 2.26. The summed E-state index contributed by atoms with van der Waals surface area (Å²) in [5.74, 6) is -1.41. The number of nitrogens with zero attached hydrogens (tertiary/aromatic N) is 2. The van der Waals surface area contributed by atoms with Gasteiger partial charge in [0.2, 0.25) is 11.8 Å². The normalized spacial score (nSPS) is 12.6. The van der Waals surface area contributed by atoms with Crippen LogP contribution in [0.5, 0.6) is 0 Å². The Balaban J connectivity index is 1.80. The van der Waals surface area contributed by atoms with Gasteiger partial charge in [0.1, 0.15) is 18.4 Å². The molecule has 7 nitrogen and oxygen atoms in total. The summed E-state index contributed by atoms with van der Waals surface area (Å²) >= 11 is 6.04. The lowest BCUT2D eigenvalue weighted by molar-refractivity contribution is -0.140. The average Bonchev–Trinajstić information content (AvgIpc) is 3.03. The highest BCUT2D eigenvalue weighted by Gasteiger charge is 2.35. The summed E-state index contributed by atoms with van der Waals surface area (Å²) in [5.41, 5.74) is 2.61. The van der Waals surface area contributed by atoms with Crippen LogP contribution in [0.2, 0.25) is 5.02 Å². The summed E-state index contributed by atoms with van der Waals surface area (Å²) in [5, 5.41) is 3.36. The third-order valence-corrected chi connectivity index (χ3v) is 9.58. The monoisotopic (exact) mass is 649 g/mol. The van der Waals surface area contributed by atoms with Crippen LogP contribution in [0.25, 0.3) is 0 Å². The van der Waals surface area contributed by atoms with Crippen LogP contribution in [0, 0.1) is 12.7 Å². The molecule has 0 bridgehead atoms. The van der Waals surface area contributed by atoms with Crippen LogP contribution < -0.4 is 9.62 Å². The van der Waals surface area contributed by atoms with Crippen LogP contribution in [-0.4, -0.2) is 43.8 Å². The Kier molecular flexibility index (Phi) is 11.4. The Labute approximate surface area is 269 Å². The molecule has 2 atom stereocenters. The minimum Gasteiger partial charge on any atom is -0.352 e. The summed E-state index contributed by atoms with van der Waals surface area (Å²) in [6.07, 6.45) is 0.862. The number of aryl methyl sites for hydroxylation is 1. The van der Waals surface area contributed by atoms with Gasteiger partial charge in [-0.3, -0.25) is 13.9 Å². The third-order valence-electron chi connectivity index (χ3n) is 7.54. The Hall–Kier alpha value is -4.21. The maximum absolute atomic E-state index is 14.4. The molecule has 236 valence electrons. The Morgan fingerprint density at radius 2 is 1.49 bits per heavy atom. The fourth-order valence-electron chi connectivity index (χ4n) is 4.76. The number of halogens is 2. The highest BCUT2D eigenvalue weighted by molar-refractivity contribution is 7.92. The summed E-state index contributed by atoms with van der Waals surface area (Å²) in [7, 11) is -4.24. The van der Waals surface area contributed by atoms with Gasteiger partial charge in [-0.1, -0.05) is 78.7 Å². The molecule has 4 rings (SSSR count). The van der Waals surface area contributed by atoms with Gasteiger partial charge in [0.25, 0.3) is 10.0 Å². The molecule has 0 heterocycles. The Morgan fingerprint density at radius 3 is 2.09 bits per heavy atom. The molecule has 0 aliphatic heterocycles. The van der Waals surface area contributed by atoms with Gasteiger partial charge in [-0.25, -0.2) is 12.8 Å². The van der Waals surface area contributed by atoms with E-state index in [0.717, 1.165) is 15.4 Å². The maximum atomic E-state index is 14.4. The molecule has 10 heteroatoms. The van der Waals surface area contributed by atoms with Crippen molar-refractivity contribution in [3.63, 3.8) is 0 Å². The minimum absolute atomic E-state index is 0.0410. The fraction of sp³-hybridized carbons (Fsp3) is 0.257. The van der Waals surface area contributed by atoms with Crippen LogP contribution in [0.4, 0.5) is 10.1 Å². The second-order valence-electron chi connectivity index (χ2n) is 11.0. The van der Waals surface area contributed by atoms with Crippen molar-refractivity contribution in [2.24, 2.45) is 0 Å². The van der Waals surface area contributed by atoms with E-state index in [-0.39, 0.29) is 35.5 Å². The summed E-state index contributed by atoms with van der Waals surface area (Å²) < 4.78 is 43.0. The van der Waals surface area contributed by atoms with Gasteiger partial charge >= 0.3 is 0 Å². The number of rotatable bonds is 13. The molecule has 4 aromatic rings. The topological polar surface area (TPSA) is 86.8 Å². The predicted molar refractivity (Wildman–Crippen MR) is 176 cm³/mol. The quantitative estimate of drug-likeness (QED) is 0.178. The minimum atomic E-state index is -4.24. The van der Waals surface area contributed by atoms with Crippen molar-refractivity contribution in [1.82, 2.24) is 10.2 Å². The number of hydrogen-bond donors (Lipinski definition) is 1. The molecule has 0 fully saturated rings. The molecule has 4 aromatic carbocycles. The van der Waals surface area contributed by atoms with Crippen molar-refractivity contribution in [2.75, 3.05) is 10.8 Å². The average molecular weight is 650 g/mol. The van der Waals surface area contributed by atoms with Crippen LogP contribution in [0.1, 0.15) is 37.0 Å². The van der Waals surface area contributed by atoms with E-state index in [2.05, 4.69) is 5.32 Å². The molecule has 0 saturated heterocycles. The second-order valence-corrected chi connectivity index (χ2v) is 13.3. The van der Waals surface area contributed by atoms with Gasteiger partial charge in [0.05, 0.1) is 10.6 Å². The first-order valence-electron chi connectivity index (χ1n) is 14.7. The largest absolute Gasteiger partial charge is 0.352 e. The molecule has 0 aromatic heterocycles. The summed E-state index contributed by atoms with van der Waals surface area (Å²) in [6.45, 7) is 5.06.